The SMILES string of the molecule is COc1cc(OC)c(CN2CCC2)c(OC)c1. The van der Waals surface area contributed by atoms with Crippen LogP contribution in [0, 0.1) is 0 Å². The molecule has 0 aliphatic carbocycles. The van der Waals surface area contributed by atoms with E-state index in [0.717, 1.165) is 42.4 Å². The third-order valence-corrected chi connectivity index (χ3v) is 3.15. The number of hydrogen-bond acceptors (Lipinski definition) is 4. The lowest BCUT2D eigenvalue weighted by molar-refractivity contribution is 0.168. The highest BCUT2D eigenvalue weighted by molar-refractivity contribution is 5.50. The molecule has 0 amide bonds. The highest BCUT2D eigenvalue weighted by Crippen LogP contribution is 2.35. The molecule has 1 saturated heterocycles. The fourth-order valence-corrected chi connectivity index (χ4v) is 2.00. The van der Waals surface area contributed by atoms with Gasteiger partial charge in [0.25, 0.3) is 0 Å². The third kappa shape index (κ3) is 2.47. The van der Waals surface area contributed by atoms with E-state index in [4.69, 9.17) is 14.2 Å². The van der Waals surface area contributed by atoms with Gasteiger partial charge in [-0.25, -0.2) is 0 Å². The average molecular weight is 237 g/mol. The zero-order valence-corrected chi connectivity index (χ0v) is 10.7. The molecule has 1 aromatic carbocycles. The van der Waals surface area contributed by atoms with Crippen molar-refractivity contribution >= 4 is 0 Å². The lowest BCUT2D eigenvalue weighted by Gasteiger charge is -2.31. The molecule has 4 nitrogen and oxygen atoms in total. The maximum Gasteiger partial charge on any atom is 0.130 e. The van der Waals surface area contributed by atoms with Crippen molar-refractivity contribution in [1.29, 1.82) is 0 Å². The van der Waals surface area contributed by atoms with Crippen LogP contribution in [0.25, 0.3) is 0 Å². The van der Waals surface area contributed by atoms with Crippen molar-refractivity contribution < 1.29 is 14.2 Å². The molecule has 1 heterocycles. The van der Waals surface area contributed by atoms with Crippen LogP contribution in [0.2, 0.25) is 0 Å². The van der Waals surface area contributed by atoms with E-state index < -0.39 is 0 Å². The second-order valence-electron chi connectivity index (χ2n) is 4.14. The quantitative estimate of drug-likeness (QED) is 0.783. The Balaban J connectivity index is 2.31. The fraction of sp³-hybridized carbons (Fsp3) is 0.538. The first kappa shape index (κ1) is 12.0. The molecular formula is C13H19NO3. The predicted molar refractivity (Wildman–Crippen MR) is 66.0 cm³/mol. The topological polar surface area (TPSA) is 30.9 Å². The number of benzene rings is 1. The molecule has 0 saturated carbocycles. The Labute approximate surface area is 102 Å². The highest BCUT2D eigenvalue weighted by atomic mass is 16.5. The first-order chi connectivity index (χ1) is 8.28. The molecule has 1 aliphatic rings. The molecule has 1 fully saturated rings. The highest BCUT2D eigenvalue weighted by Gasteiger charge is 2.20. The summed E-state index contributed by atoms with van der Waals surface area (Å²) in [4.78, 5) is 2.37. The van der Waals surface area contributed by atoms with Crippen LogP contribution in [-0.4, -0.2) is 39.3 Å². The summed E-state index contributed by atoms with van der Waals surface area (Å²) in [7, 11) is 4.99. The van der Waals surface area contributed by atoms with Crippen molar-refractivity contribution in [2.75, 3.05) is 34.4 Å². The summed E-state index contributed by atoms with van der Waals surface area (Å²) in [6.07, 6.45) is 1.28. The molecular weight excluding hydrogens is 218 g/mol. The molecule has 0 bridgehead atoms. The van der Waals surface area contributed by atoms with Crippen LogP contribution in [0.4, 0.5) is 0 Å². The zero-order chi connectivity index (χ0) is 12.3. The van der Waals surface area contributed by atoms with Gasteiger partial charge in [0.05, 0.1) is 26.9 Å². The van der Waals surface area contributed by atoms with Crippen molar-refractivity contribution in [2.45, 2.75) is 13.0 Å². The molecule has 17 heavy (non-hydrogen) atoms. The van der Waals surface area contributed by atoms with Crippen molar-refractivity contribution in [1.82, 2.24) is 4.90 Å². The second kappa shape index (κ2) is 5.27. The molecule has 0 atom stereocenters. The van der Waals surface area contributed by atoms with Crippen LogP contribution in [0.15, 0.2) is 12.1 Å². The number of hydrogen-bond donors (Lipinski definition) is 0. The molecule has 1 aliphatic heterocycles. The van der Waals surface area contributed by atoms with Crippen molar-refractivity contribution in [2.24, 2.45) is 0 Å². The minimum atomic E-state index is 0.756. The number of rotatable bonds is 5. The van der Waals surface area contributed by atoms with E-state index in [1.165, 1.54) is 6.42 Å². The molecule has 0 unspecified atom stereocenters. The summed E-state index contributed by atoms with van der Waals surface area (Å²) in [5.74, 6) is 2.41. The van der Waals surface area contributed by atoms with Gasteiger partial charge in [-0.2, -0.15) is 0 Å². The Morgan fingerprint density at radius 1 is 1.00 bits per heavy atom. The summed E-state index contributed by atoms with van der Waals surface area (Å²) in [6, 6.07) is 3.80. The van der Waals surface area contributed by atoms with E-state index in [-0.39, 0.29) is 0 Å². The van der Waals surface area contributed by atoms with Gasteiger partial charge in [0.2, 0.25) is 0 Å². The van der Waals surface area contributed by atoms with Crippen LogP contribution in [0.5, 0.6) is 17.2 Å². The maximum atomic E-state index is 5.41. The van der Waals surface area contributed by atoms with Gasteiger partial charge in [0.1, 0.15) is 17.2 Å². The minimum Gasteiger partial charge on any atom is -0.496 e. The Bertz CT molecular complexity index is 363. The second-order valence-corrected chi connectivity index (χ2v) is 4.14. The number of methoxy groups -OCH3 is 3. The maximum absolute atomic E-state index is 5.41. The molecule has 4 heteroatoms. The standard InChI is InChI=1S/C13H19NO3/c1-15-10-7-12(16-2)11(13(8-10)17-3)9-14-5-4-6-14/h7-8H,4-6,9H2,1-3H3. The van der Waals surface area contributed by atoms with Gasteiger partial charge < -0.3 is 14.2 Å². The number of ether oxygens (including phenoxy) is 3. The normalized spacial score (nSPS) is 15.2. The first-order valence-corrected chi connectivity index (χ1v) is 5.79. The van der Waals surface area contributed by atoms with Crippen LogP contribution in [-0.2, 0) is 6.54 Å². The summed E-state index contributed by atoms with van der Waals surface area (Å²) >= 11 is 0. The van der Waals surface area contributed by atoms with Crippen LogP contribution >= 0.6 is 0 Å². The van der Waals surface area contributed by atoms with Crippen LogP contribution in [0.1, 0.15) is 12.0 Å². The van der Waals surface area contributed by atoms with Gasteiger partial charge in [0, 0.05) is 18.7 Å². The van der Waals surface area contributed by atoms with E-state index >= 15 is 0 Å². The van der Waals surface area contributed by atoms with Gasteiger partial charge in [-0.3, -0.25) is 4.90 Å². The Morgan fingerprint density at radius 3 is 1.94 bits per heavy atom. The third-order valence-electron chi connectivity index (χ3n) is 3.15. The summed E-state index contributed by atoms with van der Waals surface area (Å²) in [5, 5.41) is 0. The van der Waals surface area contributed by atoms with E-state index in [9.17, 15) is 0 Å². The van der Waals surface area contributed by atoms with Crippen molar-refractivity contribution in [3.63, 3.8) is 0 Å². The minimum absolute atomic E-state index is 0.756. The van der Waals surface area contributed by atoms with E-state index in [0.29, 0.717) is 0 Å². The van der Waals surface area contributed by atoms with Crippen molar-refractivity contribution in [3.05, 3.63) is 17.7 Å². The Hall–Kier alpha value is -1.42. The largest absolute Gasteiger partial charge is 0.496 e. The monoisotopic (exact) mass is 237 g/mol. The zero-order valence-electron chi connectivity index (χ0n) is 10.7. The summed E-state index contributed by atoms with van der Waals surface area (Å²) in [6.45, 7) is 3.17. The van der Waals surface area contributed by atoms with E-state index in [1.54, 1.807) is 21.3 Å². The van der Waals surface area contributed by atoms with Crippen LogP contribution in [0.3, 0.4) is 0 Å². The van der Waals surface area contributed by atoms with Gasteiger partial charge in [-0.05, 0) is 19.5 Å². The Morgan fingerprint density at radius 2 is 1.59 bits per heavy atom. The van der Waals surface area contributed by atoms with Gasteiger partial charge in [-0.1, -0.05) is 0 Å². The number of nitrogens with zero attached hydrogens (tertiary/aromatic N) is 1. The number of likely N-dealkylation sites (tertiary alicyclic amines) is 1. The molecule has 0 radical (unpaired) electrons. The molecule has 0 spiro atoms. The smallest absolute Gasteiger partial charge is 0.130 e. The Kier molecular flexibility index (Phi) is 3.74. The van der Waals surface area contributed by atoms with Gasteiger partial charge >= 0.3 is 0 Å². The molecule has 0 aromatic heterocycles. The average Bonchev–Trinajstić information content (AvgIpc) is 2.32. The van der Waals surface area contributed by atoms with Crippen molar-refractivity contribution in [3.8, 4) is 17.2 Å². The van der Waals surface area contributed by atoms with E-state index in [1.807, 2.05) is 12.1 Å². The first-order valence-electron chi connectivity index (χ1n) is 5.79. The lowest BCUT2D eigenvalue weighted by atomic mass is 10.1. The molecule has 2 rings (SSSR count). The summed E-state index contributed by atoms with van der Waals surface area (Å²) < 4.78 is 16.1. The fourth-order valence-electron chi connectivity index (χ4n) is 2.00. The predicted octanol–water partition coefficient (Wildman–Crippen LogP) is 1.92. The lowest BCUT2D eigenvalue weighted by Crippen LogP contribution is -2.36. The molecule has 1 aromatic rings. The van der Waals surface area contributed by atoms with Gasteiger partial charge in [0.15, 0.2) is 0 Å². The summed E-state index contributed by atoms with van der Waals surface area (Å²) in [5.41, 5.74) is 1.09. The van der Waals surface area contributed by atoms with Crippen LogP contribution < -0.4 is 14.2 Å². The molecule has 0 N–H and O–H groups in total. The van der Waals surface area contributed by atoms with Gasteiger partial charge in [-0.15, -0.1) is 0 Å². The van der Waals surface area contributed by atoms with E-state index in [2.05, 4.69) is 4.90 Å². The molecule has 94 valence electrons.